The van der Waals surface area contributed by atoms with Gasteiger partial charge in [-0.1, -0.05) is 30.3 Å². The van der Waals surface area contributed by atoms with Crippen LogP contribution in [0.4, 0.5) is 0 Å². The number of ether oxygens (including phenoxy) is 1. The lowest BCUT2D eigenvalue weighted by atomic mass is 9.87. The molecule has 2 aliphatic heterocycles. The van der Waals surface area contributed by atoms with Crippen LogP contribution in [0.25, 0.3) is 0 Å². The molecule has 1 aromatic carbocycles. The predicted octanol–water partition coefficient (Wildman–Crippen LogP) is 2.64. The second kappa shape index (κ2) is 5.20. The Balaban J connectivity index is 1.97. The van der Waals surface area contributed by atoms with Crippen LogP contribution < -0.4 is 0 Å². The van der Waals surface area contributed by atoms with Crippen molar-refractivity contribution in [3.8, 4) is 6.07 Å². The van der Waals surface area contributed by atoms with Gasteiger partial charge in [-0.3, -0.25) is 4.79 Å². The molecule has 96 valence electrons. The Bertz CT molecular complexity index is 576. The fourth-order valence-corrected chi connectivity index (χ4v) is 3.73. The van der Waals surface area contributed by atoms with E-state index in [2.05, 4.69) is 18.2 Å². The standard InChI is InChI=1S/C15H13NO2S/c16-8-14-13(7-11(9-17)19-14)15-12-4-2-1-3-10(12)5-6-18-15/h1-4,7,9,13-15H,5-6H2. The second-order valence-electron chi connectivity index (χ2n) is 4.67. The fraction of sp³-hybridized carbons (Fsp3) is 0.333. The van der Waals surface area contributed by atoms with E-state index >= 15 is 0 Å². The van der Waals surface area contributed by atoms with Crippen molar-refractivity contribution in [3.05, 3.63) is 46.4 Å². The smallest absolute Gasteiger partial charge is 0.156 e. The molecule has 3 unspecified atom stereocenters. The van der Waals surface area contributed by atoms with Crippen LogP contribution in [-0.4, -0.2) is 18.1 Å². The normalized spacial score (nSPS) is 29.2. The molecule has 4 heteroatoms. The van der Waals surface area contributed by atoms with Crippen LogP contribution in [0, 0.1) is 17.2 Å². The molecule has 0 fully saturated rings. The minimum absolute atomic E-state index is 0.0448. The van der Waals surface area contributed by atoms with Gasteiger partial charge in [-0.05, 0) is 17.5 Å². The number of hydrogen-bond acceptors (Lipinski definition) is 4. The molecular weight excluding hydrogens is 258 g/mol. The van der Waals surface area contributed by atoms with Crippen LogP contribution in [0.3, 0.4) is 0 Å². The third-order valence-electron chi connectivity index (χ3n) is 3.59. The molecule has 3 rings (SSSR count). The maximum absolute atomic E-state index is 10.9. The average molecular weight is 271 g/mol. The first kappa shape index (κ1) is 12.5. The predicted molar refractivity (Wildman–Crippen MR) is 73.5 cm³/mol. The Morgan fingerprint density at radius 3 is 3.05 bits per heavy atom. The van der Waals surface area contributed by atoms with Crippen molar-refractivity contribution in [2.75, 3.05) is 6.61 Å². The number of benzene rings is 1. The van der Waals surface area contributed by atoms with Gasteiger partial charge in [-0.2, -0.15) is 5.26 Å². The molecule has 2 aliphatic rings. The number of hydrogen-bond donors (Lipinski definition) is 0. The summed E-state index contributed by atoms with van der Waals surface area (Å²) in [6, 6.07) is 10.5. The number of carbonyl (C=O) groups is 1. The summed E-state index contributed by atoms with van der Waals surface area (Å²) in [7, 11) is 0. The fourth-order valence-electron chi connectivity index (χ4n) is 2.71. The molecule has 3 atom stereocenters. The molecule has 1 aromatic rings. The summed E-state index contributed by atoms with van der Waals surface area (Å²) in [6.45, 7) is 0.672. The minimum Gasteiger partial charge on any atom is -0.372 e. The highest BCUT2D eigenvalue weighted by Gasteiger charge is 2.37. The molecule has 2 heterocycles. The van der Waals surface area contributed by atoms with Gasteiger partial charge in [-0.15, -0.1) is 11.8 Å². The van der Waals surface area contributed by atoms with Crippen molar-refractivity contribution in [1.29, 1.82) is 5.26 Å². The molecule has 3 nitrogen and oxygen atoms in total. The molecule has 0 aromatic heterocycles. The zero-order valence-electron chi connectivity index (χ0n) is 10.3. The Labute approximate surface area is 116 Å². The van der Waals surface area contributed by atoms with Gasteiger partial charge in [0.1, 0.15) is 5.25 Å². The Morgan fingerprint density at radius 1 is 1.42 bits per heavy atom. The van der Waals surface area contributed by atoms with E-state index in [1.54, 1.807) is 0 Å². The SMILES string of the molecule is N#CC1SC(C=O)=CC1C1OCCc2ccccc21. The van der Waals surface area contributed by atoms with E-state index in [-0.39, 0.29) is 17.3 Å². The van der Waals surface area contributed by atoms with Gasteiger partial charge in [0.25, 0.3) is 0 Å². The van der Waals surface area contributed by atoms with Crippen molar-refractivity contribution in [1.82, 2.24) is 0 Å². The zero-order valence-corrected chi connectivity index (χ0v) is 11.1. The number of rotatable bonds is 2. The quantitative estimate of drug-likeness (QED) is 0.776. The number of carbonyl (C=O) groups excluding carboxylic acids is 1. The van der Waals surface area contributed by atoms with Crippen molar-refractivity contribution >= 4 is 18.0 Å². The third-order valence-corrected chi connectivity index (χ3v) is 4.77. The number of allylic oxidation sites excluding steroid dienone is 1. The van der Waals surface area contributed by atoms with Crippen LogP contribution in [-0.2, 0) is 16.0 Å². The van der Waals surface area contributed by atoms with Gasteiger partial charge in [0, 0.05) is 10.8 Å². The van der Waals surface area contributed by atoms with Crippen LogP contribution in [0.5, 0.6) is 0 Å². The number of aldehydes is 1. The minimum atomic E-state index is -0.239. The summed E-state index contributed by atoms with van der Waals surface area (Å²) in [4.78, 5) is 11.5. The van der Waals surface area contributed by atoms with E-state index in [0.29, 0.717) is 11.5 Å². The topological polar surface area (TPSA) is 50.1 Å². The molecule has 0 amide bonds. The van der Waals surface area contributed by atoms with Gasteiger partial charge in [0.05, 0.1) is 18.8 Å². The zero-order chi connectivity index (χ0) is 13.2. The van der Waals surface area contributed by atoms with Crippen LogP contribution in [0.2, 0.25) is 0 Å². The van der Waals surface area contributed by atoms with Crippen molar-refractivity contribution in [2.24, 2.45) is 5.92 Å². The van der Waals surface area contributed by atoms with Gasteiger partial charge >= 0.3 is 0 Å². The first-order valence-corrected chi connectivity index (χ1v) is 7.14. The Kier molecular flexibility index (Phi) is 3.41. The lowest BCUT2D eigenvalue weighted by Crippen LogP contribution is -2.26. The van der Waals surface area contributed by atoms with E-state index < -0.39 is 0 Å². The highest BCUT2D eigenvalue weighted by Crippen LogP contribution is 2.45. The Hall–Kier alpha value is -1.57. The highest BCUT2D eigenvalue weighted by molar-refractivity contribution is 8.04. The lowest BCUT2D eigenvalue weighted by Gasteiger charge is -2.30. The largest absolute Gasteiger partial charge is 0.372 e. The van der Waals surface area contributed by atoms with Gasteiger partial charge in [0.2, 0.25) is 0 Å². The van der Waals surface area contributed by atoms with Crippen molar-refractivity contribution in [2.45, 2.75) is 17.8 Å². The number of thioether (sulfide) groups is 1. The van der Waals surface area contributed by atoms with Gasteiger partial charge < -0.3 is 4.74 Å². The molecule has 0 saturated heterocycles. The summed E-state index contributed by atoms with van der Waals surface area (Å²) in [5.74, 6) is -0.0448. The monoisotopic (exact) mass is 271 g/mol. The van der Waals surface area contributed by atoms with Crippen LogP contribution >= 0.6 is 11.8 Å². The van der Waals surface area contributed by atoms with Gasteiger partial charge in [0.15, 0.2) is 6.29 Å². The summed E-state index contributed by atoms with van der Waals surface area (Å²) in [6.07, 6.45) is 3.51. The molecule has 0 bridgehead atoms. The van der Waals surface area contributed by atoms with E-state index in [4.69, 9.17) is 4.74 Å². The molecule has 0 saturated carbocycles. The van der Waals surface area contributed by atoms with E-state index in [1.807, 2.05) is 18.2 Å². The van der Waals surface area contributed by atoms with E-state index in [0.717, 1.165) is 18.3 Å². The van der Waals surface area contributed by atoms with E-state index in [9.17, 15) is 10.1 Å². The summed E-state index contributed by atoms with van der Waals surface area (Å²) >= 11 is 1.34. The number of fused-ring (bicyclic) bond motifs is 1. The first-order chi connectivity index (χ1) is 9.33. The summed E-state index contributed by atoms with van der Waals surface area (Å²) in [5.41, 5.74) is 2.44. The maximum Gasteiger partial charge on any atom is 0.156 e. The molecule has 0 radical (unpaired) electrons. The summed E-state index contributed by atoms with van der Waals surface area (Å²) in [5, 5.41) is 9.01. The molecule has 19 heavy (non-hydrogen) atoms. The average Bonchev–Trinajstić information content (AvgIpc) is 2.90. The first-order valence-electron chi connectivity index (χ1n) is 6.26. The Morgan fingerprint density at radius 2 is 2.26 bits per heavy atom. The van der Waals surface area contributed by atoms with Crippen molar-refractivity contribution in [3.63, 3.8) is 0 Å². The van der Waals surface area contributed by atoms with Crippen LogP contribution in [0.15, 0.2) is 35.2 Å². The molecular formula is C15H13NO2S. The van der Waals surface area contributed by atoms with E-state index in [1.165, 1.54) is 17.3 Å². The van der Waals surface area contributed by atoms with Crippen LogP contribution in [0.1, 0.15) is 17.2 Å². The molecule has 0 aliphatic carbocycles. The third kappa shape index (κ3) is 2.20. The maximum atomic E-state index is 10.9. The summed E-state index contributed by atoms with van der Waals surface area (Å²) < 4.78 is 5.89. The number of nitriles is 1. The number of nitrogens with zero attached hydrogens (tertiary/aromatic N) is 1. The second-order valence-corrected chi connectivity index (χ2v) is 5.89. The molecule has 0 spiro atoms. The lowest BCUT2D eigenvalue weighted by molar-refractivity contribution is -0.104. The highest BCUT2D eigenvalue weighted by atomic mass is 32.2. The van der Waals surface area contributed by atoms with Gasteiger partial charge in [-0.25, -0.2) is 0 Å². The van der Waals surface area contributed by atoms with Crippen molar-refractivity contribution < 1.29 is 9.53 Å². The molecule has 0 N–H and O–H groups in total.